The molecule has 0 bridgehead atoms. The Kier molecular flexibility index (Phi) is 30.7. The molecule has 0 aromatic carbocycles. The number of nitrogens with two attached hydrogens (primary N) is 2. The van der Waals surface area contributed by atoms with Gasteiger partial charge < -0.3 is 48.7 Å². The van der Waals surface area contributed by atoms with Crippen molar-refractivity contribution in [1.82, 2.24) is 10.6 Å². The van der Waals surface area contributed by atoms with Crippen LogP contribution in [0.15, 0.2) is 0 Å². The molecule has 226 valence electrons. The molecule has 0 aliphatic heterocycles. The molecule has 10 nitrogen and oxygen atoms in total. The second-order valence-electron chi connectivity index (χ2n) is 8.71. The minimum absolute atomic E-state index is 0.629. The van der Waals surface area contributed by atoms with Gasteiger partial charge in [-0.3, -0.25) is 0 Å². The van der Waals surface area contributed by atoms with Gasteiger partial charge in [0.15, 0.2) is 0 Å². The van der Waals surface area contributed by atoms with Crippen LogP contribution in [0.25, 0.3) is 0 Å². The molecule has 0 amide bonds. The Balaban J connectivity index is 0. The lowest BCUT2D eigenvalue weighted by Crippen LogP contribution is -2.54. The summed E-state index contributed by atoms with van der Waals surface area (Å²) in [7, 11) is 0.111. The van der Waals surface area contributed by atoms with Gasteiger partial charge in [0.25, 0.3) is 0 Å². The third-order valence-electron chi connectivity index (χ3n) is 5.82. The first-order chi connectivity index (χ1) is 18.0. The van der Waals surface area contributed by atoms with Crippen LogP contribution in [-0.2, 0) is 26.6 Å². The van der Waals surface area contributed by atoms with E-state index in [1.54, 1.807) is 21.3 Å². The molecule has 0 radical (unpaired) electrons. The van der Waals surface area contributed by atoms with E-state index in [0.29, 0.717) is 26.0 Å². The van der Waals surface area contributed by atoms with Crippen LogP contribution in [0.1, 0.15) is 78.6 Å². The van der Waals surface area contributed by atoms with Crippen LogP contribution in [0, 0.1) is 0 Å². The van der Waals surface area contributed by atoms with Gasteiger partial charge in [-0.25, -0.2) is 0 Å². The molecule has 6 N–H and O–H groups in total. The summed E-state index contributed by atoms with van der Waals surface area (Å²) in [6.07, 6.45) is 11.3. The molecule has 0 aliphatic carbocycles. The second-order valence-corrected chi connectivity index (χ2v) is 14.4. The fraction of sp³-hybridized carbons (Fsp3) is 1.00. The lowest BCUT2D eigenvalue weighted by molar-refractivity contribution is 0.0701. The topological polar surface area (TPSA) is 131 Å². The van der Waals surface area contributed by atoms with Gasteiger partial charge in [0.05, 0.1) is 6.17 Å². The van der Waals surface area contributed by atoms with Crippen molar-refractivity contribution in [1.29, 1.82) is 0 Å². The van der Waals surface area contributed by atoms with E-state index in [0.717, 1.165) is 64.5 Å². The van der Waals surface area contributed by atoms with Crippen LogP contribution in [0.2, 0.25) is 6.04 Å². The molecule has 0 atom stereocenters. The van der Waals surface area contributed by atoms with Crippen molar-refractivity contribution in [3.63, 3.8) is 0 Å². The number of hydrogen-bond acceptors (Lipinski definition) is 10. The summed E-state index contributed by atoms with van der Waals surface area (Å²) in [6.45, 7) is 12.5. The fourth-order valence-electron chi connectivity index (χ4n) is 3.79. The van der Waals surface area contributed by atoms with E-state index in [1.807, 2.05) is 20.8 Å². The SMILES string of the molecule is CCO[Si](CNCCCCCCN)(OCC)OCC.CO[Si](CCCNCCCCCCN)(OC)OC. The van der Waals surface area contributed by atoms with Crippen LogP contribution in [0.4, 0.5) is 0 Å². The van der Waals surface area contributed by atoms with Gasteiger partial charge in [0, 0.05) is 47.2 Å². The average molecular weight is 571 g/mol. The summed E-state index contributed by atoms with van der Waals surface area (Å²) in [5.41, 5.74) is 10.9. The fourth-order valence-corrected chi connectivity index (χ4v) is 7.87. The van der Waals surface area contributed by atoms with E-state index in [9.17, 15) is 0 Å². The van der Waals surface area contributed by atoms with Gasteiger partial charge in [-0.05, 0) is 85.6 Å². The Morgan fingerprint density at radius 1 is 0.514 bits per heavy atom. The van der Waals surface area contributed by atoms with Crippen molar-refractivity contribution in [2.24, 2.45) is 11.5 Å². The molecule has 0 aromatic rings. The summed E-state index contributed by atoms with van der Waals surface area (Å²) in [6, 6.07) is 0.858. The van der Waals surface area contributed by atoms with E-state index >= 15 is 0 Å². The summed E-state index contributed by atoms with van der Waals surface area (Å²) in [4.78, 5) is 0. The standard InChI is InChI=1S/C13H32N2O3Si.C12H30N2O3Si/c1-4-16-19(17-5-2,18-6-3)13-15-12-10-8-7-9-11-14;1-15-18(16-2,17-3)12-8-11-14-10-7-5-4-6-9-13/h15H,4-14H2,1-3H3;14H,4-13H2,1-3H3. The minimum atomic E-state index is -2.50. The van der Waals surface area contributed by atoms with E-state index < -0.39 is 17.6 Å². The van der Waals surface area contributed by atoms with Crippen LogP contribution in [-0.4, -0.2) is 97.7 Å². The molecule has 12 heteroatoms. The molecule has 0 fully saturated rings. The van der Waals surface area contributed by atoms with Crippen molar-refractivity contribution >= 4 is 17.6 Å². The van der Waals surface area contributed by atoms with E-state index in [2.05, 4.69) is 10.6 Å². The van der Waals surface area contributed by atoms with Crippen molar-refractivity contribution in [2.75, 3.05) is 80.0 Å². The number of hydrogen-bond donors (Lipinski definition) is 4. The molecular weight excluding hydrogens is 508 g/mol. The predicted molar refractivity (Wildman–Crippen MR) is 158 cm³/mol. The summed E-state index contributed by atoms with van der Waals surface area (Å²) in [5.74, 6) is 0. The van der Waals surface area contributed by atoms with Crippen LogP contribution in [0.3, 0.4) is 0 Å². The molecule has 0 saturated heterocycles. The molecule has 0 unspecified atom stereocenters. The van der Waals surface area contributed by atoms with Gasteiger partial charge in [0.2, 0.25) is 0 Å². The minimum Gasteiger partial charge on any atom is -0.377 e. The molecule has 0 saturated carbocycles. The summed E-state index contributed by atoms with van der Waals surface area (Å²) in [5, 5.41) is 6.84. The largest absolute Gasteiger partial charge is 0.515 e. The van der Waals surface area contributed by atoms with Crippen molar-refractivity contribution < 1.29 is 26.6 Å². The van der Waals surface area contributed by atoms with Crippen molar-refractivity contribution in [2.45, 2.75) is 84.6 Å². The molecule has 0 aliphatic rings. The zero-order chi connectivity index (χ0) is 28.1. The number of unbranched alkanes of at least 4 members (excludes halogenated alkanes) is 6. The van der Waals surface area contributed by atoms with Crippen LogP contribution < -0.4 is 22.1 Å². The highest BCUT2D eigenvalue weighted by Gasteiger charge is 2.40. The Labute approximate surface area is 230 Å². The first kappa shape index (κ1) is 39.2. The third-order valence-corrected chi connectivity index (χ3v) is 11.5. The van der Waals surface area contributed by atoms with Gasteiger partial charge in [-0.1, -0.05) is 25.7 Å². The zero-order valence-electron chi connectivity index (χ0n) is 25.0. The summed E-state index contributed by atoms with van der Waals surface area (Å²) < 4.78 is 33.4. The average Bonchev–Trinajstić information content (AvgIpc) is 2.91. The van der Waals surface area contributed by atoms with Crippen molar-refractivity contribution in [3.8, 4) is 0 Å². The quantitative estimate of drug-likeness (QED) is 0.0863. The normalized spacial score (nSPS) is 12.0. The molecule has 37 heavy (non-hydrogen) atoms. The maximum atomic E-state index is 5.77. The van der Waals surface area contributed by atoms with Crippen molar-refractivity contribution in [3.05, 3.63) is 0 Å². The Morgan fingerprint density at radius 3 is 1.32 bits per heavy atom. The van der Waals surface area contributed by atoms with Crippen LogP contribution in [0.5, 0.6) is 0 Å². The third kappa shape index (κ3) is 22.5. The zero-order valence-corrected chi connectivity index (χ0v) is 27.0. The van der Waals surface area contributed by atoms with Crippen LogP contribution >= 0.6 is 0 Å². The van der Waals surface area contributed by atoms with Gasteiger partial charge >= 0.3 is 17.6 Å². The molecule has 0 spiro atoms. The van der Waals surface area contributed by atoms with Gasteiger partial charge in [-0.15, -0.1) is 0 Å². The first-order valence-corrected chi connectivity index (χ1v) is 18.2. The number of rotatable bonds is 27. The lowest BCUT2D eigenvalue weighted by atomic mass is 10.2. The highest BCUT2D eigenvalue weighted by Crippen LogP contribution is 2.14. The van der Waals surface area contributed by atoms with E-state index in [4.69, 9.17) is 38.0 Å². The highest BCUT2D eigenvalue weighted by atomic mass is 28.4. The summed E-state index contributed by atoms with van der Waals surface area (Å²) >= 11 is 0. The van der Waals surface area contributed by atoms with E-state index in [1.165, 1.54) is 32.1 Å². The number of nitrogens with one attached hydrogen (secondary N) is 2. The van der Waals surface area contributed by atoms with E-state index in [-0.39, 0.29) is 0 Å². The Morgan fingerprint density at radius 2 is 0.919 bits per heavy atom. The van der Waals surface area contributed by atoms with Gasteiger partial charge in [-0.2, -0.15) is 0 Å². The lowest BCUT2D eigenvalue weighted by Gasteiger charge is -2.28. The predicted octanol–water partition coefficient (Wildman–Crippen LogP) is 3.05. The maximum Gasteiger partial charge on any atom is 0.515 e. The molecule has 0 aromatic heterocycles. The monoisotopic (exact) mass is 570 g/mol. The molecule has 0 rings (SSSR count). The Bertz CT molecular complexity index is 430. The second kappa shape index (κ2) is 29.0. The van der Waals surface area contributed by atoms with Gasteiger partial charge in [0.1, 0.15) is 0 Å². The Hall–Kier alpha value is 0.0338. The highest BCUT2D eigenvalue weighted by molar-refractivity contribution is 6.61. The maximum absolute atomic E-state index is 5.77. The smallest absolute Gasteiger partial charge is 0.377 e. The molecule has 0 heterocycles. The molecular formula is C25H62N4O6Si2. The first-order valence-electron chi connectivity index (χ1n) is 14.4.